The number of hydrogen-bond acceptors (Lipinski definition) is 8. The first-order valence-corrected chi connectivity index (χ1v) is 19.1. The van der Waals surface area contributed by atoms with E-state index in [4.69, 9.17) is 43.0 Å². The second kappa shape index (κ2) is 24.0. The Morgan fingerprint density at radius 3 is 1.95 bits per heavy atom. The number of aliphatic imine (C=N–C) groups is 1. The number of amidine groups is 1. The number of nitrogens with one attached hydrogen (secondary N) is 4. The first kappa shape index (κ1) is 48.2. The smallest absolute Gasteiger partial charge is 0.475 e. The van der Waals surface area contributed by atoms with E-state index < -0.39 is 54.0 Å². The maximum Gasteiger partial charge on any atom is 0.490 e. The highest BCUT2D eigenvalue weighted by Gasteiger charge is 2.38. The average molecular weight is 850 g/mol. The fraction of sp³-hybridized carbons (Fsp3) is 0.310. The standard InChI is InChI=1S/C40H49N9O5.C2HF3O2/c41-35(42)29-17-15-26(16-18-29)23-32(31-20-19-28-11-4-5-12-30(28)24-31)37(51)49-34(38(52)48-33(36(43)50)14-8-22-46-39(44)45)13-6-7-21-47-40(53)54-25-27-9-2-1-3-10-27;3-2(4,5)1(6)7/h1-5,9-12,15-20,24,32-34H,6-8,13-14,21-23,25H2,(H3,41,42)(H2,43,50)(H,47,53)(H,48,52)(H,49,51)(H4,44,45,46);(H,6,7)/t32?,33-,34-;/m0./s1. The van der Waals surface area contributed by atoms with E-state index in [2.05, 4.69) is 20.9 Å². The molecule has 0 aromatic heterocycles. The van der Waals surface area contributed by atoms with Gasteiger partial charge in [0, 0.05) is 18.7 Å². The van der Waals surface area contributed by atoms with Crippen LogP contribution in [-0.4, -0.2) is 78.0 Å². The number of fused-ring (bicyclic) bond motifs is 1. The van der Waals surface area contributed by atoms with Gasteiger partial charge in [0.15, 0.2) is 5.96 Å². The number of nitrogens with two attached hydrogens (primary N) is 4. The highest BCUT2D eigenvalue weighted by molar-refractivity contribution is 5.95. The maximum atomic E-state index is 14.3. The molecule has 0 saturated heterocycles. The molecule has 0 bridgehead atoms. The molecule has 0 fully saturated rings. The summed E-state index contributed by atoms with van der Waals surface area (Å²) >= 11 is 0. The van der Waals surface area contributed by atoms with Crippen LogP contribution in [0.1, 0.15) is 60.3 Å². The number of rotatable bonds is 20. The molecule has 0 aliphatic carbocycles. The SMILES string of the molecule is N=C(N)c1ccc(CC(C(=O)N[C@@H](CCCCNC(=O)OCc2ccccc2)C(=O)N[C@@H](CCCN=C(N)N)C(N)=O)c2ccc3ccccc3c2)cc1.O=C(O)C(F)(F)F. The molecule has 0 saturated carbocycles. The van der Waals surface area contributed by atoms with E-state index in [0.717, 1.165) is 27.5 Å². The number of ether oxygens (including phenoxy) is 1. The van der Waals surface area contributed by atoms with Crippen molar-refractivity contribution in [2.45, 2.75) is 69.3 Å². The number of alkyl halides is 3. The van der Waals surface area contributed by atoms with Crippen LogP contribution in [0.25, 0.3) is 10.8 Å². The first-order chi connectivity index (χ1) is 28.9. The highest BCUT2D eigenvalue weighted by Crippen LogP contribution is 2.26. The number of guanidine groups is 1. The van der Waals surface area contributed by atoms with Gasteiger partial charge in [-0.25, -0.2) is 9.59 Å². The molecule has 4 rings (SSSR count). The minimum absolute atomic E-state index is 0.0657. The Kier molecular flexibility index (Phi) is 19.0. The molecule has 1 unspecified atom stereocenters. The van der Waals surface area contributed by atoms with Crippen molar-refractivity contribution < 1.29 is 47.0 Å². The largest absolute Gasteiger partial charge is 0.490 e. The predicted octanol–water partition coefficient (Wildman–Crippen LogP) is 3.69. The van der Waals surface area contributed by atoms with Crippen molar-refractivity contribution in [2.24, 2.45) is 27.9 Å². The third-order valence-electron chi connectivity index (χ3n) is 9.08. The minimum atomic E-state index is -5.08. The van der Waals surface area contributed by atoms with Crippen molar-refractivity contribution in [1.82, 2.24) is 16.0 Å². The van der Waals surface area contributed by atoms with Crippen LogP contribution < -0.4 is 38.9 Å². The molecule has 0 aliphatic heterocycles. The molecule has 4 aromatic rings. The van der Waals surface area contributed by atoms with Crippen molar-refractivity contribution in [3.05, 3.63) is 119 Å². The lowest BCUT2D eigenvalue weighted by atomic mass is 9.89. The number of primary amides is 1. The number of aliphatic carboxylic acids is 1. The van der Waals surface area contributed by atoms with E-state index in [9.17, 15) is 32.3 Å². The molecule has 16 nitrogen and oxygen atoms in total. The maximum absolute atomic E-state index is 14.3. The number of alkyl carbamates (subject to hydrolysis) is 1. The molecule has 4 aromatic carbocycles. The van der Waals surface area contributed by atoms with E-state index >= 15 is 0 Å². The van der Waals surface area contributed by atoms with E-state index in [-0.39, 0.29) is 44.3 Å². The number of benzene rings is 4. The van der Waals surface area contributed by atoms with E-state index in [0.29, 0.717) is 31.2 Å². The molecule has 0 aliphatic rings. The molecule has 0 spiro atoms. The molecule has 4 amide bonds. The minimum Gasteiger partial charge on any atom is -0.475 e. The number of unbranched alkanes of at least 4 members (excludes halogenated alkanes) is 1. The Labute approximate surface area is 349 Å². The molecule has 0 radical (unpaired) electrons. The van der Waals surface area contributed by atoms with Crippen molar-refractivity contribution in [3.8, 4) is 0 Å². The van der Waals surface area contributed by atoms with Crippen LogP contribution in [0.3, 0.4) is 0 Å². The van der Waals surface area contributed by atoms with Crippen molar-refractivity contribution in [3.63, 3.8) is 0 Å². The molecular formula is C42H50F3N9O7. The summed E-state index contributed by atoms with van der Waals surface area (Å²) < 4.78 is 37.0. The number of carboxylic acids is 1. The lowest BCUT2D eigenvalue weighted by Gasteiger charge is -2.25. The molecule has 326 valence electrons. The number of carbonyl (C=O) groups excluding carboxylic acids is 4. The van der Waals surface area contributed by atoms with Gasteiger partial charge in [0.1, 0.15) is 24.5 Å². The number of hydrogen-bond donors (Lipinski definition) is 9. The second-order valence-corrected chi connectivity index (χ2v) is 13.7. The first-order valence-electron chi connectivity index (χ1n) is 19.1. The molecular weight excluding hydrogens is 800 g/mol. The number of halogens is 3. The van der Waals surface area contributed by atoms with Crippen molar-refractivity contribution in [2.75, 3.05) is 13.1 Å². The molecule has 19 heteroatoms. The predicted molar refractivity (Wildman–Crippen MR) is 223 cm³/mol. The zero-order valence-corrected chi connectivity index (χ0v) is 33.1. The quantitative estimate of drug-likeness (QED) is 0.0353. The molecule has 3 atom stereocenters. The van der Waals surface area contributed by atoms with Crippen LogP contribution in [0, 0.1) is 5.41 Å². The van der Waals surface area contributed by atoms with Crippen LogP contribution >= 0.6 is 0 Å². The number of carboxylic acid groups (broad SMARTS) is 1. The summed E-state index contributed by atoms with van der Waals surface area (Å²) in [5.74, 6) is -5.33. The van der Waals surface area contributed by atoms with Crippen LogP contribution in [-0.2, 0) is 36.9 Å². The third-order valence-corrected chi connectivity index (χ3v) is 9.08. The second-order valence-electron chi connectivity index (χ2n) is 13.7. The van der Waals surface area contributed by atoms with Crippen LogP contribution in [0.15, 0.2) is 102 Å². The van der Waals surface area contributed by atoms with E-state index in [1.165, 1.54) is 0 Å². The summed E-state index contributed by atoms with van der Waals surface area (Å²) in [6.07, 6.45) is -3.67. The van der Waals surface area contributed by atoms with Crippen LogP contribution in [0.4, 0.5) is 18.0 Å². The summed E-state index contributed by atoms with van der Waals surface area (Å²) in [5.41, 5.74) is 25.1. The average Bonchev–Trinajstić information content (AvgIpc) is 3.22. The highest BCUT2D eigenvalue weighted by atomic mass is 19.4. The molecule has 13 N–H and O–H groups in total. The fourth-order valence-electron chi connectivity index (χ4n) is 5.88. The Morgan fingerprint density at radius 2 is 1.34 bits per heavy atom. The monoisotopic (exact) mass is 849 g/mol. The van der Waals surface area contributed by atoms with Crippen molar-refractivity contribution >= 4 is 52.4 Å². The van der Waals surface area contributed by atoms with Crippen molar-refractivity contribution in [1.29, 1.82) is 5.41 Å². The number of nitrogen functional groups attached to an aromatic ring is 1. The Hall–Kier alpha value is -7.18. The van der Waals surface area contributed by atoms with E-state index in [1.54, 1.807) is 12.1 Å². The lowest BCUT2D eigenvalue weighted by molar-refractivity contribution is -0.192. The van der Waals surface area contributed by atoms with Gasteiger partial charge in [0.05, 0.1) is 5.92 Å². The number of amides is 4. The Balaban J connectivity index is 0.00000130. The Morgan fingerprint density at radius 1 is 0.738 bits per heavy atom. The molecule has 0 heterocycles. The lowest BCUT2D eigenvalue weighted by Crippen LogP contribution is -2.53. The van der Waals surface area contributed by atoms with Gasteiger partial charge in [-0.05, 0) is 66.0 Å². The number of carbonyl (C=O) groups is 5. The Bertz CT molecular complexity index is 2130. The topological polar surface area (TPSA) is 291 Å². The summed E-state index contributed by atoms with van der Waals surface area (Å²) in [4.78, 5) is 65.5. The van der Waals surface area contributed by atoms with Gasteiger partial charge in [-0.3, -0.25) is 24.8 Å². The summed E-state index contributed by atoms with van der Waals surface area (Å²) in [6, 6.07) is 28.0. The van der Waals surface area contributed by atoms with Gasteiger partial charge in [-0.15, -0.1) is 0 Å². The summed E-state index contributed by atoms with van der Waals surface area (Å²) in [5, 5.41) is 25.2. The van der Waals surface area contributed by atoms with Gasteiger partial charge in [-0.2, -0.15) is 13.2 Å². The van der Waals surface area contributed by atoms with Gasteiger partial charge in [0.25, 0.3) is 0 Å². The fourth-order valence-corrected chi connectivity index (χ4v) is 5.88. The van der Waals surface area contributed by atoms with E-state index in [1.807, 2.05) is 84.9 Å². The van der Waals surface area contributed by atoms with Crippen LogP contribution in [0.5, 0.6) is 0 Å². The summed E-state index contributed by atoms with van der Waals surface area (Å²) in [6.45, 7) is 0.650. The number of nitrogens with zero attached hydrogens (tertiary/aromatic N) is 1. The zero-order chi connectivity index (χ0) is 45.0. The normalized spacial score (nSPS) is 12.3. The third kappa shape index (κ3) is 17.3. The zero-order valence-electron chi connectivity index (χ0n) is 33.1. The van der Waals surface area contributed by atoms with Gasteiger partial charge in [0.2, 0.25) is 17.7 Å². The summed E-state index contributed by atoms with van der Waals surface area (Å²) in [7, 11) is 0. The molecule has 61 heavy (non-hydrogen) atoms. The van der Waals surface area contributed by atoms with Crippen LogP contribution in [0.2, 0.25) is 0 Å². The van der Waals surface area contributed by atoms with Gasteiger partial charge in [-0.1, -0.05) is 97.1 Å². The van der Waals surface area contributed by atoms with Gasteiger partial charge < -0.3 is 48.7 Å². The van der Waals surface area contributed by atoms with Gasteiger partial charge >= 0.3 is 18.2 Å².